The lowest BCUT2D eigenvalue weighted by atomic mass is 9.75. The van der Waals surface area contributed by atoms with Crippen LogP contribution in [0.25, 0.3) is 10.9 Å². The van der Waals surface area contributed by atoms with E-state index in [2.05, 4.69) is 15.3 Å². The standard InChI is InChI=1S/C21H21N3O4/c1-28-19-7-6-12(11-22-19)20(13-8-14(25)9-13)24-21(27)16-10-18(26)23-17-5-3-2-4-15(16)17/h2-7,10-11,13-14,20,25H,8-9H2,1H3,(H,23,26)(H,24,27)/t13?,14?,20-/m0/s1. The van der Waals surface area contributed by atoms with Crippen molar-refractivity contribution < 1.29 is 14.6 Å². The van der Waals surface area contributed by atoms with Gasteiger partial charge in [-0.3, -0.25) is 9.59 Å². The number of H-pyrrole nitrogens is 1. The number of rotatable bonds is 5. The van der Waals surface area contributed by atoms with E-state index in [9.17, 15) is 14.7 Å². The normalized spacial score (nSPS) is 19.6. The summed E-state index contributed by atoms with van der Waals surface area (Å²) < 4.78 is 5.10. The highest BCUT2D eigenvalue weighted by atomic mass is 16.5. The molecule has 0 unspecified atom stereocenters. The Morgan fingerprint density at radius 2 is 2.07 bits per heavy atom. The predicted molar refractivity (Wildman–Crippen MR) is 104 cm³/mol. The molecular weight excluding hydrogens is 358 g/mol. The molecule has 1 aliphatic carbocycles. The van der Waals surface area contributed by atoms with Crippen molar-refractivity contribution in [2.24, 2.45) is 5.92 Å². The minimum absolute atomic E-state index is 0.0994. The van der Waals surface area contributed by atoms with Crippen LogP contribution in [0.1, 0.15) is 34.8 Å². The summed E-state index contributed by atoms with van der Waals surface area (Å²) in [5.74, 6) is 0.259. The van der Waals surface area contributed by atoms with Gasteiger partial charge in [-0.05, 0) is 30.4 Å². The quantitative estimate of drug-likeness (QED) is 0.630. The van der Waals surface area contributed by atoms with Gasteiger partial charge in [0.25, 0.3) is 5.91 Å². The van der Waals surface area contributed by atoms with Crippen molar-refractivity contribution in [3.63, 3.8) is 0 Å². The molecule has 3 N–H and O–H groups in total. The van der Waals surface area contributed by atoms with E-state index >= 15 is 0 Å². The highest BCUT2D eigenvalue weighted by molar-refractivity contribution is 6.06. The number of aromatic amines is 1. The second kappa shape index (κ2) is 7.44. The second-order valence-corrected chi connectivity index (χ2v) is 7.06. The number of ether oxygens (including phenoxy) is 1. The van der Waals surface area contributed by atoms with Gasteiger partial charge < -0.3 is 20.1 Å². The molecule has 0 saturated heterocycles. The Hall–Kier alpha value is -3.19. The Kier molecular flexibility index (Phi) is 4.83. The Bertz CT molecular complexity index is 1060. The monoisotopic (exact) mass is 379 g/mol. The van der Waals surface area contributed by atoms with Crippen molar-refractivity contribution in [1.82, 2.24) is 15.3 Å². The molecule has 0 bridgehead atoms. The van der Waals surface area contributed by atoms with Crippen LogP contribution >= 0.6 is 0 Å². The Labute approximate surface area is 161 Å². The number of hydrogen-bond acceptors (Lipinski definition) is 5. The molecule has 2 aromatic heterocycles. The zero-order valence-electron chi connectivity index (χ0n) is 15.4. The number of aromatic nitrogens is 2. The third kappa shape index (κ3) is 3.48. The third-order valence-electron chi connectivity index (χ3n) is 5.23. The maximum absolute atomic E-state index is 13.1. The summed E-state index contributed by atoms with van der Waals surface area (Å²) in [4.78, 5) is 32.0. The van der Waals surface area contributed by atoms with Crippen LogP contribution < -0.4 is 15.6 Å². The molecule has 3 aromatic rings. The van der Waals surface area contributed by atoms with Gasteiger partial charge in [0.1, 0.15) is 0 Å². The minimum Gasteiger partial charge on any atom is -0.481 e. The zero-order chi connectivity index (χ0) is 19.7. The maximum atomic E-state index is 13.1. The number of aliphatic hydroxyl groups excluding tert-OH is 1. The van der Waals surface area contributed by atoms with Crippen LogP contribution in [0.4, 0.5) is 0 Å². The Morgan fingerprint density at radius 1 is 1.29 bits per heavy atom. The average Bonchev–Trinajstić information content (AvgIpc) is 2.69. The average molecular weight is 379 g/mol. The molecule has 1 saturated carbocycles. The van der Waals surface area contributed by atoms with Crippen molar-refractivity contribution in [2.75, 3.05) is 7.11 Å². The summed E-state index contributed by atoms with van der Waals surface area (Å²) in [5, 5.41) is 13.5. The van der Waals surface area contributed by atoms with E-state index in [4.69, 9.17) is 4.74 Å². The highest BCUT2D eigenvalue weighted by Crippen LogP contribution is 2.38. The van der Waals surface area contributed by atoms with Gasteiger partial charge in [-0.15, -0.1) is 0 Å². The van der Waals surface area contributed by atoms with Gasteiger partial charge in [-0.2, -0.15) is 0 Å². The molecule has 1 aliphatic rings. The molecule has 144 valence electrons. The summed E-state index contributed by atoms with van der Waals surface area (Å²) in [6.45, 7) is 0. The maximum Gasteiger partial charge on any atom is 0.252 e. The number of methoxy groups -OCH3 is 1. The van der Waals surface area contributed by atoms with E-state index < -0.39 is 0 Å². The number of carbonyl (C=O) groups is 1. The van der Waals surface area contributed by atoms with E-state index in [1.807, 2.05) is 18.2 Å². The summed E-state index contributed by atoms with van der Waals surface area (Å²) in [6.07, 6.45) is 2.53. The lowest BCUT2D eigenvalue weighted by Crippen LogP contribution is -2.41. The largest absolute Gasteiger partial charge is 0.481 e. The molecule has 1 fully saturated rings. The Morgan fingerprint density at radius 3 is 2.75 bits per heavy atom. The first-order chi connectivity index (χ1) is 13.5. The van der Waals surface area contributed by atoms with Gasteiger partial charge in [0, 0.05) is 29.2 Å². The SMILES string of the molecule is COc1ccc([C@H](NC(=O)c2cc(=O)[nH]c3ccccc23)C2CC(O)C2)cn1. The summed E-state index contributed by atoms with van der Waals surface area (Å²) >= 11 is 0. The summed E-state index contributed by atoms with van der Waals surface area (Å²) in [6, 6.07) is 11.8. The molecule has 28 heavy (non-hydrogen) atoms. The number of fused-ring (bicyclic) bond motifs is 1. The zero-order valence-corrected chi connectivity index (χ0v) is 15.4. The van der Waals surface area contributed by atoms with Gasteiger partial charge in [0.05, 0.1) is 24.8 Å². The van der Waals surface area contributed by atoms with Crippen LogP contribution in [0.5, 0.6) is 5.88 Å². The molecule has 0 spiro atoms. The first-order valence-electron chi connectivity index (χ1n) is 9.16. The number of hydrogen-bond donors (Lipinski definition) is 3. The molecule has 4 rings (SSSR count). The first kappa shape index (κ1) is 18.2. The van der Waals surface area contributed by atoms with Crippen molar-refractivity contribution in [3.05, 3.63) is 70.1 Å². The van der Waals surface area contributed by atoms with Crippen LogP contribution in [0, 0.1) is 5.92 Å². The molecule has 7 nitrogen and oxygen atoms in total. The molecule has 1 amide bonds. The number of nitrogens with one attached hydrogen (secondary N) is 2. The second-order valence-electron chi connectivity index (χ2n) is 7.06. The lowest BCUT2D eigenvalue weighted by Gasteiger charge is -2.38. The van der Waals surface area contributed by atoms with Gasteiger partial charge in [0.2, 0.25) is 11.4 Å². The number of benzene rings is 1. The number of amides is 1. The summed E-state index contributed by atoms with van der Waals surface area (Å²) in [5.41, 5.74) is 1.44. The van der Waals surface area contributed by atoms with E-state index in [0.717, 1.165) is 5.56 Å². The molecule has 0 aliphatic heterocycles. The van der Waals surface area contributed by atoms with Gasteiger partial charge in [-0.1, -0.05) is 24.3 Å². The predicted octanol–water partition coefficient (Wildman–Crippen LogP) is 2.17. The third-order valence-corrected chi connectivity index (χ3v) is 5.23. The van der Waals surface area contributed by atoms with Gasteiger partial charge >= 0.3 is 0 Å². The van der Waals surface area contributed by atoms with Crippen LogP contribution in [0.2, 0.25) is 0 Å². The fourth-order valence-corrected chi connectivity index (χ4v) is 3.68. The first-order valence-corrected chi connectivity index (χ1v) is 9.16. The molecule has 7 heteroatoms. The number of carbonyl (C=O) groups excluding carboxylic acids is 1. The number of pyridine rings is 2. The van der Waals surface area contributed by atoms with Crippen LogP contribution in [-0.2, 0) is 0 Å². The number of nitrogens with zero attached hydrogens (tertiary/aromatic N) is 1. The molecule has 2 heterocycles. The topological polar surface area (TPSA) is 104 Å². The Balaban J connectivity index is 1.67. The van der Waals surface area contributed by atoms with Crippen LogP contribution in [0.15, 0.2) is 53.5 Å². The van der Waals surface area contributed by atoms with E-state index in [-0.39, 0.29) is 29.5 Å². The molecular formula is C21H21N3O4. The molecule has 1 atom stereocenters. The number of aliphatic hydroxyl groups is 1. The van der Waals surface area contributed by atoms with Crippen LogP contribution in [0.3, 0.4) is 0 Å². The smallest absolute Gasteiger partial charge is 0.252 e. The molecule has 0 radical (unpaired) electrons. The fourth-order valence-electron chi connectivity index (χ4n) is 3.68. The van der Waals surface area contributed by atoms with Gasteiger partial charge in [-0.25, -0.2) is 4.98 Å². The van der Waals surface area contributed by atoms with Gasteiger partial charge in [0.15, 0.2) is 0 Å². The minimum atomic E-state index is -0.351. The van der Waals surface area contributed by atoms with E-state index in [0.29, 0.717) is 35.2 Å². The highest BCUT2D eigenvalue weighted by Gasteiger charge is 2.36. The van der Waals surface area contributed by atoms with Crippen molar-refractivity contribution in [1.29, 1.82) is 0 Å². The van der Waals surface area contributed by atoms with Crippen molar-refractivity contribution in [2.45, 2.75) is 25.0 Å². The molecule has 1 aromatic carbocycles. The fraction of sp³-hybridized carbons (Fsp3) is 0.286. The van der Waals surface area contributed by atoms with E-state index in [1.54, 1.807) is 31.5 Å². The summed E-state index contributed by atoms with van der Waals surface area (Å²) in [7, 11) is 1.54. The lowest BCUT2D eigenvalue weighted by molar-refractivity contribution is 0.0235. The van der Waals surface area contributed by atoms with Crippen LogP contribution in [-0.4, -0.2) is 34.2 Å². The van der Waals surface area contributed by atoms with E-state index in [1.165, 1.54) is 6.07 Å². The van der Waals surface area contributed by atoms with Crippen molar-refractivity contribution in [3.8, 4) is 5.88 Å². The number of para-hydroxylation sites is 1. The van der Waals surface area contributed by atoms with Crippen molar-refractivity contribution >= 4 is 16.8 Å².